The van der Waals surface area contributed by atoms with Crippen LogP contribution in [0.3, 0.4) is 0 Å². The van der Waals surface area contributed by atoms with Crippen LogP contribution < -0.4 is 0 Å². The maximum absolute atomic E-state index is 11.0. The standard InChI is InChI=1S/C13H18N2O2S/c16-13(17)10-1-4-15-11(7-10)8-14-12(15)9-2-5-18-6-3-9/h8-10H,1-7H2,(H,16,17). The minimum Gasteiger partial charge on any atom is -0.481 e. The quantitative estimate of drug-likeness (QED) is 0.891. The molecule has 1 saturated heterocycles. The molecule has 3 heterocycles. The maximum Gasteiger partial charge on any atom is 0.306 e. The van der Waals surface area contributed by atoms with E-state index in [1.165, 1.54) is 30.2 Å². The number of aromatic nitrogens is 2. The van der Waals surface area contributed by atoms with Crippen LogP contribution in [-0.2, 0) is 17.8 Å². The number of carboxylic acids is 1. The number of fused-ring (bicyclic) bond motifs is 1. The van der Waals surface area contributed by atoms with Crippen molar-refractivity contribution in [1.29, 1.82) is 0 Å². The number of aliphatic carboxylic acids is 1. The van der Waals surface area contributed by atoms with E-state index < -0.39 is 5.97 Å². The van der Waals surface area contributed by atoms with E-state index in [9.17, 15) is 4.79 Å². The van der Waals surface area contributed by atoms with Crippen molar-refractivity contribution in [3.63, 3.8) is 0 Å². The molecule has 0 amide bonds. The average Bonchev–Trinajstić information content (AvgIpc) is 2.82. The van der Waals surface area contributed by atoms with Gasteiger partial charge in [-0.25, -0.2) is 4.98 Å². The molecule has 0 spiro atoms. The first-order valence-electron chi connectivity index (χ1n) is 6.60. The van der Waals surface area contributed by atoms with Gasteiger partial charge in [0.25, 0.3) is 0 Å². The van der Waals surface area contributed by atoms with Gasteiger partial charge in [-0.1, -0.05) is 0 Å². The molecule has 0 saturated carbocycles. The molecule has 1 unspecified atom stereocenters. The van der Waals surface area contributed by atoms with E-state index >= 15 is 0 Å². The van der Waals surface area contributed by atoms with Gasteiger partial charge in [-0.2, -0.15) is 11.8 Å². The highest BCUT2D eigenvalue weighted by Crippen LogP contribution is 2.33. The third kappa shape index (κ3) is 2.16. The highest BCUT2D eigenvalue weighted by Gasteiger charge is 2.29. The van der Waals surface area contributed by atoms with Gasteiger partial charge in [0.15, 0.2) is 0 Å². The fourth-order valence-corrected chi connectivity index (χ4v) is 4.09. The third-order valence-electron chi connectivity index (χ3n) is 4.06. The van der Waals surface area contributed by atoms with Crippen LogP contribution in [0.15, 0.2) is 6.20 Å². The Labute approximate surface area is 111 Å². The van der Waals surface area contributed by atoms with Crippen LogP contribution in [0.2, 0.25) is 0 Å². The van der Waals surface area contributed by atoms with Crippen LogP contribution in [0.4, 0.5) is 0 Å². The highest BCUT2D eigenvalue weighted by atomic mass is 32.2. The van der Waals surface area contributed by atoms with Crippen molar-refractivity contribution in [3.8, 4) is 0 Å². The van der Waals surface area contributed by atoms with Crippen molar-refractivity contribution >= 4 is 17.7 Å². The first-order chi connectivity index (χ1) is 8.75. The van der Waals surface area contributed by atoms with Crippen molar-refractivity contribution in [1.82, 2.24) is 9.55 Å². The third-order valence-corrected chi connectivity index (χ3v) is 5.11. The molecule has 2 aliphatic heterocycles. The SMILES string of the molecule is O=C(O)C1CCn2c(cnc2C2CCSCC2)C1. The summed E-state index contributed by atoms with van der Waals surface area (Å²) in [7, 11) is 0. The molecule has 4 nitrogen and oxygen atoms in total. The minimum absolute atomic E-state index is 0.219. The monoisotopic (exact) mass is 266 g/mol. The van der Waals surface area contributed by atoms with E-state index in [0.29, 0.717) is 12.3 Å². The highest BCUT2D eigenvalue weighted by molar-refractivity contribution is 7.99. The Morgan fingerprint density at radius 2 is 2.17 bits per heavy atom. The molecular weight excluding hydrogens is 248 g/mol. The van der Waals surface area contributed by atoms with Crippen molar-refractivity contribution in [2.75, 3.05) is 11.5 Å². The zero-order valence-corrected chi connectivity index (χ0v) is 11.2. The molecule has 1 fully saturated rings. The Kier molecular flexibility index (Phi) is 3.33. The maximum atomic E-state index is 11.0. The molecule has 1 aromatic rings. The molecule has 0 aromatic carbocycles. The first kappa shape index (κ1) is 12.1. The van der Waals surface area contributed by atoms with E-state index in [2.05, 4.69) is 9.55 Å². The second-order valence-electron chi connectivity index (χ2n) is 5.17. The van der Waals surface area contributed by atoms with Crippen molar-refractivity contribution in [2.24, 2.45) is 5.92 Å². The molecular formula is C13H18N2O2S. The van der Waals surface area contributed by atoms with Crippen molar-refractivity contribution in [2.45, 2.75) is 38.1 Å². The number of hydrogen-bond acceptors (Lipinski definition) is 3. The number of carbonyl (C=O) groups is 1. The smallest absolute Gasteiger partial charge is 0.306 e. The lowest BCUT2D eigenvalue weighted by Gasteiger charge is -2.26. The molecule has 3 rings (SSSR count). The Morgan fingerprint density at radius 3 is 2.89 bits per heavy atom. The summed E-state index contributed by atoms with van der Waals surface area (Å²) in [6.45, 7) is 0.825. The molecule has 2 aliphatic rings. The predicted molar refractivity (Wildman–Crippen MR) is 71.0 cm³/mol. The lowest BCUT2D eigenvalue weighted by Crippen LogP contribution is -2.27. The molecule has 1 N–H and O–H groups in total. The van der Waals surface area contributed by atoms with Crippen LogP contribution in [0, 0.1) is 5.92 Å². The largest absolute Gasteiger partial charge is 0.481 e. The summed E-state index contributed by atoms with van der Waals surface area (Å²) in [5, 5.41) is 9.09. The van der Waals surface area contributed by atoms with Gasteiger partial charge in [-0.3, -0.25) is 4.79 Å². The Bertz CT molecular complexity index is 452. The zero-order valence-electron chi connectivity index (χ0n) is 10.3. The lowest BCUT2D eigenvalue weighted by molar-refractivity contribution is -0.142. The fourth-order valence-electron chi connectivity index (χ4n) is 2.98. The van der Waals surface area contributed by atoms with Gasteiger partial charge < -0.3 is 9.67 Å². The molecule has 5 heteroatoms. The van der Waals surface area contributed by atoms with Gasteiger partial charge in [0.2, 0.25) is 0 Å². The van der Waals surface area contributed by atoms with Gasteiger partial charge in [0.1, 0.15) is 5.82 Å². The number of imidazole rings is 1. The van der Waals surface area contributed by atoms with Crippen LogP contribution in [-0.4, -0.2) is 32.1 Å². The molecule has 0 radical (unpaired) electrons. The second kappa shape index (κ2) is 4.96. The van der Waals surface area contributed by atoms with Gasteiger partial charge in [0.05, 0.1) is 5.92 Å². The average molecular weight is 266 g/mol. The number of thioether (sulfide) groups is 1. The predicted octanol–water partition coefficient (Wildman–Crippen LogP) is 2.14. The number of carboxylic acid groups (broad SMARTS) is 1. The van der Waals surface area contributed by atoms with E-state index in [4.69, 9.17) is 5.11 Å². The van der Waals surface area contributed by atoms with Crippen molar-refractivity contribution < 1.29 is 9.90 Å². The Hall–Kier alpha value is -0.970. The topological polar surface area (TPSA) is 55.1 Å². The van der Waals surface area contributed by atoms with E-state index in [-0.39, 0.29) is 5.92 Å². The summed E-state index contributed by atoms with van der Waals surface area (Å²) in [6.07, 6.45) is 5.70. The summed E-state index contributed by atoms with van der Waals surface area (Å²) in [5.74, 6) is 3.35. The molecule has 0 bridgehead atoms. The van der Waals surface area contributed by atoms with E-state index in [1.54, 1.807) is 0 Å². The van der Waals surface area contributed by atoms with Gasteiger partial charge in [-0.05, 0) is 30.8 Å². The van der Waals surface area contributed by atoms with Gasteiger partial charge in [0, 0.05) is 30.8 Å². The summed E-state index contributed by atoms with van der Waals surface area (Å²) in [6, 6.07) is 0. The molecule has 18 heavy (non-hydrogen) atoms. The van der Waals surface area contributed by atoms with Gasteiger partial charge in [-0.15, -0.1) is 0 Å². The lowest BCUT2D eigenvalue weighted by atomic mass is 9.95. The second-order valence-corrected chi connectivity index (χ2v) is 6.40. The molecule has 1 aromatic heterocycles. The molecule has 98 valence electrons. The fraction of sp³-hybridized carbons (Fsp3) is 0.692. The Balaban J connectivity index is 1.81. The van der Waals surface area contributed by atoms with Crippen LogP contribution in [0.1, 0.15) is 36.7 Å². The van der Waals surface area contributed by atoms with Crippen LogP contribution in [0.25, 0.3) is 0 Å². The number of hydrogen-bond donors (Lipinski definition) is 1. The summed E-state index contributed by atoms with van der Waals surface area (Å²) >= 11 is 2.02. The minimum atomic E-state index is -0.668. The zero-order chi connectivity index (χ0) is 12.5. The number of nitrogens with zero attached hydrogens (tertiary/aromatic N) is 2. The normalized spacial score (nSPS) is 24.8. The van der Waals surface area contributed by atoms with Crippen molar-refractivity contribution in [3.05, 3.63) is 17.7 Å². The molecule has 0 aliphatic carbocycles. The van der Waals surface area contributed by atoms with Crippen LogP contribution in [0.5, 0.6) is 0 Å². The summed E-state index contributed by atoms with van der Waals surface area (Å²) < 4.78 is 2.28. The summed E-state index contributed by atoms with van der Waals surface area (Å²) in [5.41, 5.74) is 1.11. The number of rotatable bonds is 2. The molecule has 1 atom stereocenters. The van der Waals surface area contributed by atoms with E-state index in [1.807, 2.05) is 18.0 Å². The Morgan fingerprint density at radius 1 is 1.39 bits per heavy atom. The summed E-state index contributed by atoms with van der Waals surface area (Å²) in [4.78, 5) is 15.6. The van der Waals surface area contributed by atoms with Crippen LogP contribution >= 0.6 is 11.8 Å². The van der Waals surface area contributed by atoms with E-state index in [0.717, 1.165) is 18.7 Å². The van der Waals surface area contributed by atoms with Gasteiger partial charge >= 0.3 is 5.97 Å². The first-order valence-corrected chi connectivity index (χ1v) is 7.76.